The third-order valence-electron chi connectivity index (χ3n) is 4.82. The van der Waals surface area contributed by atoms with Gasteiger partial charge in [-0.2, -0.15) is 0 Å². The molecule has 0 aliphatic heterocycles. The van der Waals surface area contributed by atoms with Crippen LogP contribution in [-0.2, 0) is 4.79 Å². The molecule has 1 fully saturated rings. The highest BCUT2D eigenvalue weighted by Gasteiger charge is 2.68. The van der Waals surface area contributed by atoms with E-state index >= 15 is 0 Å². The maximum atomic E-state index is 12.4. The van der Waals surface area contributed by atoms with Gasteiger partial charge in [-0.25, -0.2) is 0 Å². The fraction of sp³-hybridized carbons (Fsp3) is 0.471. The summed E-state index contributed by atoms with van der Waals surface area (Å²) >= 11 is 6.13. The Kier molecular flexibility index (Phi) is 4.06. The molecule has 0 radical (unpaired) electrons. The first-order valence-corrected chi connectivity index (χ1v) is 7.29. The van der Waals surface area contributed by atoms with E-state index in [9.17, 15) is 4.79 Å². The number of hydrogen-bond donors (Lipinski definition) is 2. The van der Waals surface area contributed by atoms with Gasteiger partial charge in [0.25, 0.3) is 0 Å². The van der Waals surface area contributed by atoms with Crippen molar-refractivity contribution in [2.75, 3.05) is 11.9 Å². The van der Waals surface area contributed by atoms with Gasteiger partial charge in [0, 0.05) is 11.5 Å². The van der Waals surface area contributed by atoms with Gasteiger partial charge in [0.15, 0.2) is 0 Å². The number of halogens is 1. The van der Waals surface area contributed by atoms with Crippen molar-refractivity contribution in [3.8, 4) is 11.8 Å². The van der Waals surface area contributed by atoms with E-state index in [1.54, 1.807) is 18.2 Å². The Morgan fingerprint density at radius 2 is 1.95 bits per heavy atom. The Balaban J connectivity index is 2.19. The summed E-state index contributed by atoms with van der Waals surface area (Å²) in [6.07, 6.45) is 0. The van der Waals surface area contributed by atoms with E-state index in [1.165, 1.54) is 0 Å². The quantitative estimate of drug-likeness (QED) is 0.824. The Labute approximate surface area is 130 Å². The number of hydrogen-bond acceptors (Lipinski definition) is 2. The Morgan fingerprint density at radius 3 is 2.48 bits per heavy atom. The Hall–Kier alpha value is -1.50. The summed E-state index contributed by atoms with van der Waals surface area (Å²) in [6.45, 7) is 8.20. The van der Waals surface area contributed by atoms with Crippen LogP contribution in [0.3, 0.4) is 0 Å². The predicted octanol–water partition coefficient (Wildman–Crippen LogP) is 3.30. The van der Waals surface area contributed by atoms with Crippen LogP contribution >= 0.6 is 11.6 Å². The van der Waals surface area contributed by atoms with Crippen LogP contribution in [-0.4, -0.2) is 17.6 Å². The first-order chi connectivity index (χ1) is 9.71. The van der Waals surface area contributed by atoms with Gasteiger partial charge in [-0.05, 0) is 29.0 Å². The van der Waals surface area contributed by atoms with Crippen LogP contribution in [0.15, 0.2) is 18.2 Å². The number of aliphatic hydroxyl groups is 1. The minimum atomic E-state index is -0.200. The molecule has 1 aromatic rings. The number of rotatable bonds is 2. The van der Waals surface area contributed by atoms with Crippen LogP contribution in [0, 0.1) is 28.6 Å². The van der Waals surface area contributed by atoms with Gasteiger partial charge in [0.1, 0.15) is 6.61 Å². The fourth-order valence-corrected chi connectivity index (χ4v) is 3.06. The standard InChI is InChI=1S/C17H20ClNO2/c1-16(2)14(17(16,3)4)15(21)19-13-10-11(6-5-9-20)7-8-12(13)18/h7-8,10,14,20H,9H2,1-4H3,(H,19,21). The number of aliphatic hydroxyl groups excluding tert-OH is 1. The molecule has 0 bridgehead atoms. The van der Waals surface area contributed by atoms with Gasteiger partial charge in [-0.15, -0.1) is 0 Å². The molecule has 1 saturated carbocycles. The fourth-order valence-electron chi connectivity index (χ4n) is 2.90. The van der Waals surface area contributed by atoms with E-state index in [2.05, 4.69) is 44.9 Å². The van der Waals surface area contributed by atoms with Gasteiger partial charge in [0.05, 0.1) is 10.7 Å². The van der Waals surface area contributed by atoms with Crippen molar-refractivity contribution in [1.29, 1.82) is 0 Å². The van der Waals surface area contributed by atoms with Crippen molar-refractivity contribution >= 4 is 23.2 Å². The van der Waals surface area contributed by atoms with Crippen molar-refractivity contribution in [2.24, 2.45) is 16.7 Å². The molecule has 2 rings (SSSR count). The molecule has 1 amide bonds. The van der Waals surface area contributed by atoms with Gasteiger partial charge < -0.3 is 10.4 Å². The zero-order chi connectivity index (χ0) is 15.8. The summed E-state index contributed by atoms with van der Waals surface area (Å²) in [4.78, 5) is 12.4. The lowest BCUT2D eigenvalue weighted by atomic mass is 10.0. The Bertz CT molecular complexity index is 624. The number of nitrogens with one attached hydrogen (secondary N) is 1. The summed E-state index contributed by atoms with van der Waals surface area (Å²) < 4.78 is 0. The monoisotopic (exact) mass is 305 g/mol. The first kappa shape index (κ1) is 15.9. The molecule has 0 saturated heterocycles. The molecule has 0 heterocycles. The smallest absolute Gasteiger partial charge is 0.228 e. The highest BCUT2D eigenvalue weighted by Crippen LogP contribution is 2.68. The second-order valence-electron chi connectivity index (χ2n) is 6.52. The summed E-state index contributed by atoms with van der Waals surface area (Å²) in [5.74, 6) is 5.33. The average molecular weight is 306 g/mol. The van der Waals surface area contributed by atoms with Crippen molar-refractivity contribution in [2.45, 2.75) is 27.7 Å². The predicted molar refractivity (Wildman–Crippen MR) is 85.1 cm³/mol. The molecule has 1 aromatic carbocycles. The van der Waals surface area contributed by atoms with E-state index in [4.69, 9.17) is 16.7 Å². The lowest BCUT2D eigenvalue weighted by Crippen LogP contribution is -2.18. The van der Waals surface area contributed by atoms with Crippen LogP contribution in [0.2, 0.25) is 5.02 Å². The van der Waals surface area contributed by atoms with Crippen molar-refractivity contribution in [1.82, 2.24) is 0 Å². The van der Waals surface area contributed by atoms with Crippen LogP contribution in [0.25, 0.3) is 0 Å². The zero-order valence-corrected chi connectivity index (χ0v) is 13.5. The van der Waals surface area contributed by atoms with E-state index in [0.717, 1.165) is 0 Å². The molecule has 1 aliphatic carbocycles. The number of benzene rings is 1. The number of amides is 1. The zero-order valence-electron chi connectivity index (χ0n) is 12.7. The molecular formula is C17H20ClNO2. The summed E-state index contributed by atoms with van der Waals surface area (Å²) in [6, 6.07) is 5.18. The van der Waals surface area contributed by atoms with Crippen LogP contribution in [0.4, 0.5) is 5.69 Å². The molecule has 0 unspecified atom stereocenters. The molecule has 1 aliphatic rings. The van der Waals surface area contributed by atoms with Crippen molar-refractivity contribution in [3.63, 3.8) is 0 Å². The number of anilines is 1. The van der Waals surface area contributed by atoms with Gasteiger partial charge in [-0.1, -0.05) is 51.1 Å². The maximum Gasteiger partial charge on any atom is 0.228 e. The van der Waals surface area contributed by atoms with Gasteiger partial charge in [-0.3, -0.25) is 4.79 Å². The second-order valence-corrected chi connectivity index (χ2v) is 6.93. The normalized spacial score (nSPS) is 18.6. The minimum absolute atomic E-state index is 0.0147. The number of carbonyl (C=O) groups excluding carboxylic acids is 1. The second kappa shape index (κ2) is 5.36. The Morgan fingerprint density at radius 1 is 1.33 bits per heavy atom. The summed E-state index contributed by atoms with van der Waals surface area (Å²) in [5, 5.41) is 12.1. The van der Waals surface area contributed by atoms with Gasteiger partial charge >= 0.3 is 0 Å². The van der Waals surface area contributed by atoms with Gasteiger partial charge in [0.2, 0.25) is 5.91 Å². The third-order valence-corrected chi connectivity index (χ3v) is 5.15. The maximum absolute atomic E-state index is 12.4. The summed E-state index contributed by atoms with van der Waals surface area (Å²) in [5.41, 5.74) is 1.23. The topological polar surface area (TPSA) is 49.3 Å². The minimum Gasteiger partial charge on any atom is -0.384 e. The van der Waals surface area contributed by atoms with Crippen LogP contribution in [0.1, 0.15) is 33.3 Å². The van der Waals surface area contributed by atoms with E-state index in [-0.39, 0.29) is 29.3 Å². The van der Waals surface area contributed by atoms with E-state index in [0.29, 0.717) is 16.3 Å². The van der Waals surface area contributed by atoms with Crippen LogP contribution in [0.5, 0.6) is 0 Å². The molecule has 0 aromatic heterocycles. The summed E-state index contributed by atoms with van der Waals surface area (Å²) in [7, 11) is 0. The molecule has 112 valence electrons. The molecule has 4 heteroatoms. The largest absolute Gasteiger partial charge is 0.384 e. The first-order valence-electron chi connectivity index (χ1n) is 6.92. The molecule has 0 spiro atoms. The SMILES string of the molecule is CC1(C)C(C(=O)Nc2cc(C#CCO)ccc2Cl)C1(C)C. The van der Waals surface area contributed by atoms with Crippen LogP contribution < -0.4 is 5.32 Å². The van der Waals surface area contributed by atoms with Crippen molar-refractivity contribution in [3.05, 3.63) is 28.8 Å². The van der Waals surface area contributed by atoms with Crippen molar-refractivity contribution < 1.29 is 9.90 Å². The average Bonchev–Trinajstić information content (AvgIpc) is 2.80. The lowest BCUT2D eigenvalue weighted by Gasteiger charge is -2.09. The van der Waals surface area contributed by atoms with E-state index in [1.807, 2.05) is 0 Å². The lowest BCUT2D eigenvalue weighted by molar-refractivity contribution is -0.118. The molecule has 3 nitrogen and oxygen atoms in total. The molecule has 21 heavy (non-hydrogen) atoms. The molecule has 2 N–H and O–H groups in total. The molecular weight excluding hydrogens is 286 g/mol. The van der Waals surface area contributed by atoms with E-state index < -0.39 is 0 Å². The molecule has 0 atom stereocenters. The highest BCUT2D eigenvalue weighted by atomic mass is 35.5. The number of carbonyl (C=O) groups is 1. The third kappa shape index (κ3) is 2.79. The highest BCUT2D eigenvalue weighted by molar-refractivity contribution is 6.33.